The van der Waals surface area contributed by atoms with Crippen molar-refractivity contribution in [1.82, 2.24) is 5.32 Å². The molecular weight excluding hydrogens is 314 g/mol. The Morgan fingerprint density at radius 3 is 2.38 bits per heavy atom. The summed E-state index contributed by atoms with van der Waals surface area (Å²) in [5.41, 5.74) is 0. The Hall–Kier alpha value is -1.60. The molecule has 0 aliphatic carbocycles. The van der Waals surface area contributed by atoms with E-state index in [1.165, 1.54) is 13.0 Å². The van der Waals surface area contributed by atoms with E-state index >= 15 is 0 Å². The van der Waals surface area contributed by atoms with Crippen molar-refractivity contribution in [3.63, 3.8) is 0 Å². The lowest BCUT2D eigenvalue weighted by molar-refractivity contribution is -0.198. The third kappa shape index (κ3) is 5.79. The van der Waals surface area contributed by atoms with Crippen LogP contribution in [0.5, 0.6) is 0 Å². The molecular formula is C17H29NO6. The predicted octanol–water partition coefficient (Wildman–Crippen LogP) is 1.90. The molecule has 0 spiro atoms. The fourth-order valence-corrected chi connectivity index (χ4v) is 2.48. The number of carbonyl (C=O) groups is 2. The first-order valence-corrected chi connectivity index (χ1v) is 8.56. The maximum Gasteiger partial charge on any atom is 0.373 e. The van der Waals surface area contributed by atoms with Gasteiger partial charge >= 0.3 is 5.97 Å². The molecule has 7 nitrogen and oxygen atoms in total. The van der Waals surface area contributed by atoms with E-state index in [0.717, 1.165) is 12.8 Å². The van der Waals surface area contributed by atoms with Gasteiger partial charge in [-0.15, -0.1) is 0 Å². The van der Waals surface area contributed by atoms with E-state index in [9.17, 15) is 9.59 Å². The number of carbonyl (C=O) groups excluding carboxylic acids is 2. The summed E-state index contributed by atoms with van der Waals surface area (Å²) in [6.45, 7) is 9.66. The summed E-state index contributed by atoms with van der Waals surface area (Å²) in [6.07, 6.45) is 1.72. The highest BCUT2D eigenvalue weighted by atomic mass is 16.7. The van der Waals surface area contributed by atoms with Crippen LogP contribution in [0.25, 0.3) is 0 Å². The van der Waals surface area contributed by atoms with Gasteiger partial charge in [-0.1, -0.05) is 13.8 Å². The quantitative estimate of drug-likeness (QED) is 0.644. The van der Waals surface area contributed by atoms with Crippen molar-refractivity contribution in [1.29, 1.82) is 0 Å². The molecule has 138 valence electrons. The van der Waals surface area contributed by atoms with Gasteiger partial charge in [-0.3, -0.25) is 4.79 Å². The smallest absolute Gasteiger partial charge is 0.373 e. The fourth-order valence-electron chi connectivity index (χ4n) is 2.48. The molecule has 0 aromatic carbocycles. The van der Waals surface area contributed by atoms with Crippen molar-refractivity contribution in [3.8, 4) is 0 Å². The van der Waals surface area contributed by atoms with Crippen LogP contribution in [0.1, 0.15) is 47.5 Å². The van der Waals surface area contributed by atoms with E-state index in [1.807, 2.05) is 20.8 Å². The Morgan fingerprint density at radius 2 is 1.88 bits per heavy atom. The molecule has 0 saturated heterocycles. The highest BCUT2D eigenvalue weighted by Gasteiger charge is 2.40. The second-order valence-corrected chi connectivity index (χ2v) is 5.46. The average Bonchev–Trinajstić information content (AvgIpc) is 2.54. The summed E-state index contributed by atoms with van der Waals surface area (Å²) in [4.78, 5) is 23.6. The van der Waals surface area contributed by atoms with Crippen LogP contribution in [0, 0.1) is 0 Å². The van der Waals surface area contributed by atoms with Gasteiger partial charge in [0.05, 0.1) is 12.7 Å². The maximum absolute atomic E-state index is 12.0. The zero-order valence-corrected chi connectivity index (χ0v) is 15.2. The fraction of sp³-hybridized carbons (Fsp3) is 0.765. The Bertz CT molecular complexity index is 446. The van der Waals surface area contributed by atoms with Gasteiger partial charge in [0.1, 0.15) is 12.1 Å². The predicted molar refractivity (Wildman–Crippen MR) is 88.1 cm³/mol. The molecule has 1 aliphatic rings. The van der Waals surface area contributed by atoms with E-state index in [1.54, 1.807) is 6.92 Å². The third-order valence-corrected chi connectivity index (χ3v) is 3.65. The number of rotatable bonds is 9. The lowest BCUT2D eigenvalue weighted by Gasteiger charge is -2.37. The molecule has 24 heavy (non-hydrogen) atoms. The molecule has 0 fully saturated rings. The standard InChI is InChI=1S/C17H29NO6/c1-6-12(7-2)23-17-15(18-11(5)19)13(21-8-3)10-14(24-17)16(20)22-9-4/h10,12-13,15,17H,6-9H2,1-5H3,(H,18,19)/t13-,15+,17+/m0/s1. The van der Waals surface area contributed by atoms with Crippen LogP contribution in [0.15, 0.2) is 11.8 Å². The normalized spacial score (nSPS) is 23.4. The average molecular weight is 343 g/mol. The van der Waals surface area contributed by atoms with Gasteiger partial charge in [-0.2, -0.15) is 0 Å². The molecule has 1 N–H and O–H groups in total. The van der Waals surface area contributed by atoms with Gasteiger partial charge in [0, 0.05) is 13.5 Å². The summed E-state index contributed by atoms with van der Waals surface area (Å²) >= 11 is 0. The number of amides is 1. The van der Waals surface area contributed by atoms with E-state index in [-0.39, 0.29) is 24.4 Å². The van der Waals surface area contributed by atoms with Crippen LogP contribution >= 0.6 is 0 Å². The first-order valence-electron chi connectivity index (χ1n) is 8.56. The first-order chi connectivity index (χ1) is 11.5. The minimum Gasteiger partial charge on any atom is -0.460 e. The molecule has 0 aromatic heterocycles. The van der Waals surface area contributed by atoms with E-state index < -0.39 is 24.4 Å². The molecule has 7 heteroatoms. The second-order valence-electron chi connectivity index (χ2n) is 5.46. The summed E-state index contributed by atoms with van der Waals surface area (Å²) in [6, 6.07) is -0.541. The largest absolute Gasteiger partial charge is 0.460 e. The van der Waals surface area contributed by atoms with Gasteiger partial charge in [-0.25, -0.2) is 4.79 Å². The molecule has 0 bridgehead atoms. The zero-order valence-electron chi connectivity index (χ0n) is 15.2. The highest BCUT2D eigenvalue weighted by Crippen LogP contribution is 2.25. The minimum atomic E-state index is -0.820. The van der Waals surface area contributed by atoms with Crippen molar-refractivity contribution in [3.05, 3.63) is 11.8 Å². The lowest BCUT2D eigenvalue weighted by atomic mass is 10.1. The number of nitrogens with one attached hydrogen (secondary N) is 1. The van der Waals surface area contributed by atoms with Gasteiger partial charge in [0.2, 0.25) is 18.0 Å². The first kappa shape index (κ1) is 20.4. The lowest BCUT2D eigenvalue weighted by Crippen LogP contribution is -2.55. The Kier molecular flexibility index (Phi) is 8.78. The molecule has 1 amide bonds. The van der Waals surface area contributed by atoms with Crippen molar-refractivity contribution in [2.75, 3.05) is 13.2 Å². The molecule has 1 aliphatic heterocycles. The van der Waals surface area contributed by atoms with Crippen molar-refractivity contribution < 1.29 is 28.5 Å². The Labute approximate surface area is 143 Å². The summed E-state index contributed by atoms with van der Waals surface area (Å²) < 4.78 is 22.3. The van der Waals surface area contributed by atoms with Crippen LogP contribution < -0.4 is 5.32 Å². The number of esters is 1. The third-order valence-electron chi connectivity index (χ3n) is 3.65. The topological polar surface area (TPSA) is 83.1 Å². The van der Waals surface area contributed by atoms with Crippen molar-refractivity contribution >= 4 is 11.9 Å². The van der Waals surface area contributed by atoms with Crippen LogP contribution in [0.4, 0.5) is 0 Å². The minimum absolute atomic E-state index is 0.0462. The van der Waals surface area contributed by atoms with E-state index in [4.69, 9.17) is 18.9 Å². The van der Waals surface area contributed by atoms with Gasteiger partial charge in [0.25, 0.3) is 0 Å². The molecule has 0 radical (unpaired) electrons. The van der Waals surface area contributed by atoms with Crippen LogP contribution in [0.3, 0.4) is 0 Å². The number of ether oxygens (including phenoxy) is 4. The van der Waals surface area contributed by atoms with E-state index in [2.05, 4.69) is 5.32 Å². The maximum atomic E-state index is 12.0. The number of hydrogen-bond donors (Lipinski definition) is 1. The SMILES string of the molecule is CCOC(=O)C1=C[C@H](OCC)[C@@H](NC(C)=O)[C@H](OC(CC)CC)O1. The zero-order chi connectivity index (χ0) is 18.1. The summed E-state index contributed by atoms with van der Waals surface area (Å²) in [5, 5.41) is 2.80. The van der Waals surface area contributed by atoms with Gasteiger partial charge in [0.15, 0.2) is 0 Å². The van der Waals surface area contributed by atoms with Crippen LogP contribution in [0.2, 0.25) is 0 Å². The van der Waals surface area contributed by atoms with Crippen molar-refractivity contribution in [2.24, 2.45) is 0 Å². The molecule has 0 unspecified atom stereocenters. The summed E-state index contributed by atoms with van der Waals surface area (Å²) in [5.74, 6) is -0.742. The molecule has 1 rings (SSSR count). The molecule has 0 saturated carbocycles. The van der Waals surface area contributed by atoms with Gasteiger partial charge < -0.3 is 24.3 Å². The Balaban J connectivity index is 3.07. The second kappa shape index (κ2) is 10.3. The molecule has 3 atom stereocenters. The molecule has 1 heterocycles. The van der Waals surface area contributed by atoms with Crippen molar-refractivity contribution in [2.45, 2.75) is 72.0 Å². The number of hydrogen-bond acceptors (Lipinski definition) is 6. The van der Waals surface area contributed by atoms with Crippen LogP contribution in [-0.4, -0.2) is 49.6 Å². The van der Waals surface area contributed by atoms with Gasteiger partial charge in [-0.05, 0) is 32.8 Å². The van der Waals surface area contributed by atoms with E-state index in [0.29, 0.717) is 6.61 Å². The summed E-state index contributed by atoms with van der Waals surface area (Å²) in [7, 11) is 0. The van der Waals surface area contributed by atoms with Crippen LogP contribution in [-0.2, 0) is 28.5 Å². The molecule has 0 aromatic rings. The Morgan fingerprint density at radius 1 is 1.21 bits per heavy atom. The highest BCUT2D eigenvalue weighted by molar-refractivity contribution is 5.86. The monoisotopic (exact) mass is 343 g/mol.